The van der Waals surface area contributed by atoms with Crippen molar-refractivity contribution in [1.29, 1.82) is 0 Å². The van der Waals surface area contributed by atoms with E-state index < -0.39 is 16.3 Å². The van der Waals surface area contributed by atoms with Crippen molar-refractivity contribution < 1.29 is 13.5 Å². The number of rotatable bonds is 2. The molecule has 1 aliphatic rings. The molecule has 2 rings (SSSR count). The molecule has 8 heteroatoms. The average Bonchev–Trinajstić information content (AvgIpc) is 2.27. The molecule has 1 fully saturated rings. The molecule has 0 amide bonds. The normalized spacial score (nSPS) is 26.1. The fourth-order valence-electron chi connectivity index (χ4n) is 2.15. The topological polar surface area (TPSA) is 123 Å². The first-order valence-electron chi connectivity index (χ1n) is 5.55. The van der Waals surface area contributed by atoms with Crippen LogP contribution in [-0.2, 0) is 10.2 Å². The summed E-state index contributed by atoms with van der Waals surface area (Å²) >= 11 is 0. The summed E-state index contributed by atoms with van der Waals surface area (Å²) < 4.78 is 23.4. The van der Waals surface area contributed by atoms with Gasteiger partial charge in [0.25, 0.3) is 10.2 Å². The fraction of sp³-hybridized carbons (Fsp3) is 0.500. The highest BCUT2D eigenvalue weighted by Crippen LogP contribution is 2.28. The molecule has 1 saturated heterocycles. The van der Waals surface area contributed by atoms with Crippen molar-refractivity contribution in [1.82, 2.24) is 9.29 Å². The van der Waals surface area contributed by atoms with Crippen LogP contribution in [0.2, 0.25) is 0 Å². The summed E-state index contributed by atoms with van der Waals surface area (Å²) in [5.41, 5.74) is 6.91. The highest BCUT2D eigenvalue weighted by atomic mass is 32.2. The zero-order chi connectivity index (χ0) is 13.3. The summed E-state index contributed by atoms with van der Waals surface area (Å²) in [7, 11) is -3.74. The van der Waals surface area contributed by atoms with E-state index in [0.29, 0.717) is 17.8 Å². The number of anilines is 1. The third kappa shape index (κ3) is 2.78. The van der Waals surface area contributed by atoms with Crippen LogP contribution in [0.3, 0.4) is 0 Å². The molecule has 2 atom stereocenters. The molecular weight excluding hydrogens is 256 g/mol. The summed E-state index contributed by atoms with van der Waals surface area (Å²) in [6.07, 6.45) is 1.21. The van der Waals surface area contributed by atoms with E-state index in [9.17, 15) is 13.5 Å². The molecule has 100 valence electrons. The van der Waals surface area contributed by atoms with Crippen molar-refractivity contribution in [3.8, 4) is 0 Å². The van der Waals surface area contributed by atoms with E-state index in [1.807, 2.05) is 0 Å². The fourth-order valence-corrected chi connectivity index (χ4v) is 2.87. The number of aliphatic hydroxyl groups excluding tert-OH is 1. The molecule has 1 aliphatic heterocycles. The first-order valence-corrected chi connectivity index (χ1v) is 7.05. The Kier molecular flexibility index (Phi) is 3.53. The molecule has 0 spiro atoms. The number of β-amino-alcohol motifs (C(OH)–C–C–N with tert-alkyl or cyclic N) is 1. The summed E-state index contributed by atoms with van der Waals surface area (Å²) in [5, 5.41) is 15.0. The number of aliphatic hydroxyl groups is 1. The number of nitrogens with zero attached hydrogens (tertiary/aromatic N) is 2. The Morgan fingerprint density at radius 2 is 2.22 bits per heavy atom. The lowest BCUT2D eigenvalue weighted by Gasteiger charge is -2.33. The number of piperidine rings is 1. The number of nitrogen functional groups attached to an aromatic ring is 1. The van der Waals surface area contributed by atoms with Crippen LogP contribution in [0.4, 0.5) is 5.69 Å². The van der Waals surface area contributed by atoms with Gasteiger partial charge in [0.05, 0.1) is 6.10 Å². The van der Waals surface area contributed by atoms with E-state index >= 15 is 0 Å². The van der Waals surface area contributed by atoms with Crippen LogP contribution in [0, 0.1) is 0 Å². The van der Waals surface area contributed by atoms with Gasteiger partial charge in [-0.3, -0.25) is 4.98 Å². The van der Waals surface area contributed by atoms with Gasteiger partial charge in [0.2, 0.25) is 0 Å². The van der Waals surface area contributed by atoms with Gasteiger partial charge in [-0.05, 0) is 18.6 Å². The largest absolute Gasteiger partial charge is 0.399 e. The van der Waals surface area contributed by atoms with Gasteiger partial charge in [-0.1, -0.05) is 0 Å². The lowest BCUT2D eigenvalue weighted by molar-refractivity contribution is 0.0839. The maximum Gasteiger partial charge on any atom is 0.276 e. The van der Waals surface area contributed by atoms with Crippen molar-refractivity contribution in [2.45, 2.75) is 18.4 Å². The molecule has 2 heterocycles. The SMILES string of the molecule is Nc1ccnc(C2CCN(S(N)(=O)=O)CC2O)c1. The van der Waals surface area contributed by atoms with Gasteiger partial charge >= 0.3 is 0 Å². The van der Waals surface area contributed by atoms with Gasteiger partial charge in [-0.25, -0.2) is 5.14 Å². The third-order valence-corrected chi connectivity index (χ3v) is 4.14. The Balaban J connectivity index is 2.15. The van der Waals surface area contributed by atoms with Crippen LogP contribution in [0.5, 0.6) is 0 Å². The number of aromatic nitrogens is 1. The van der Waals surface area contributed by atoms with Crippen molar-refractivity contribution in [3.63, 3.8) is 0 Å². The minimum absolute atomic E-state index is 0.0139. The van der Waals surface area contributed by atoms with E-state index in [0.717, 1.165) is 4.31 Å². The van der Waals surface area contributed by atoms with E-state index in [4.69, 9.17) is 10.9 Å². The molecule has 1 aromatic rings. The maximum absolute atomic E-state index is 11.2. The average molecular weight is 272 g/mol. The molecule has 7 nitrogen and oxygen atoms in total. The first kappa shape index (κ1) is 13.2. The lowest BCUT2D eigenvalue weighted by atomic mass is 9.91. The lowest BCUT2D eigenvalue weighted by Crippen LogP contribution is -2.48. The van der Waals surface area contributed by atoms with E-state index in [2.05, 4.69) is 4.98 Å². The van der Waals surface area contributed by atoms with Gasteiger partial charge in [-0.15, -0.1) is 0 Å². The van der Waals surface area contributed by atoms with Crippen LogP contribution in [0.15, 0.2) is 18.3 Å². The zero-order valence-corrected chi connectivity index (χ0v) is 10.5. The van der Waals surface area contributed by atoms with Crippen LogP contribution >= 0.6 is 0 Å². The number of hydrogen-bond acceptors (Lipinski definition) is 5. The van der Waals surface area contributed by atoms with Gasteiger partial charge < -0.3 is 10.8 Å². The molecule has 2 unspecified atom stereocenters. The van der Waals surface area contributed by atoms with Crippen molar-refractivity contribution in [3.05, 3.63) is 24.0 Å². The highest BCUT2D eigenvalue weighted by molar-refractivity contribution is 7.86. The van der Waals surface area contributed by atoms with Crippen molar-refractivity contribution >= 4 is 15.9 Å². The minimum atomic E-state index is -3.74. The van der Waals surface area contributed by atoms with E-state index in [-0.39, 0.29) is 19.0 Å². The Bertz CT molecular complexity index is 534. The third-order valence-electron chi connectivity index (χ3n) is 3.09. The predicted molar refractivity (Wildman–Crippen MR) is 66.7 cm³/mol. The second-order valence-electron chi connectivity index (χ2n) is 4.38. The minimum Gasteiger partial charge on any atom is -0.399 e. The number of nitrogens with two attached hydrogens (primary N) is 2. The van der Waals surface area contributed by atoms with Crippen LogP contribution in [-0.4, -0.2) is 42.0 Å². The van der Waals surface area contributed by atoms with E-state index in [1.165, 1.54) is 0 Å². The van der Waals surface area contributed by atoms with Crippen LogP contribution in [0.25, 0.3) is 0 Å². The predicted octanol–water partition coefficient (Wildman–Crippen LogP) is -0.982. The van der Waals surface area contributed by atoms with Crippen molar-refractivity contribution in [2.75, 3.05) is 18.8 Å². The molecule has 0 saturated carbocycles. The van der Waals surface area contributed by atoms with Gasteiger partial charge in [0, 0.05) is 36.6 Å². The van der Waals surface area contributed by atoms with Gasteiger partial charge in [-0.2, -0.15) is 12.7 Å². The smallest absolute Gasteiger partial charge is 0.276 e. The molecular formula is C10H16N4O3S. The maximum atomic E-state index is 11.2. The second-order valence-corrected chi connectivity index (χ2v) is 5.93. The van der Waals surface area contributed by atoms with Crippen LogP contribution in [0.1, 0.15) is 18.0 Å². The summed E-state index contributed by atoms with van der Waals surface area (Å²) in [5.74, 6) is -0.216. The Labute approximate surface area is 106 Å². The summed E-state index contributed by atoms with van der Waals surface area (Å²) in [6, 6.07) is 3.36. The van der Waals surface area contributed by atoms with Crippen molar-refractivity contribution in [2.24, 2.45) is 5.14 Å². The Hall–Kier alpha value is -1.22. The van der Waals surface area contributed by atoms with Gasteiger partial charge in [0.1, 0.15) is 0 Å². The quantitative estimate of drug-likeness (QED) is 0.638. The number of hydrogen-bond donors (Lipinski definition) is 3. The Morgan fingerprint density at radius 3 is 2.78 bits per heavy atom. The highest BCUT2D eigenvalue weighted by Gasteiger charge is 2.33. The zero-order valence-electron chi connectivity index (χ0n) is 9.73. The van der Waals surface area contributed by atoms with Crippen LogP contribution < -0.4 is 10.9 Å². The first-order chi connectivity index (χ1) is 8.38. The molecule has 1 aromatic heterocycles. The molecule has 0 aliphatic carbocycles. The molecule has 0 radical (unpaired) electrons. The van der Waals surface area contributed by atoms with Gasteiger partial charge in [0.15, 0.2) is 0 Å². The molecule has 5 N–H and O–H groups in total. The summed E-state index contributed by atoms with van der Waals surface area (Å²) in [6.45, 7) is 0.261. The Morgan fingerprint density at radius 1 is 1.50 bits per heavy atom. The number of pyridine rings is 1. The molecule has 0 bridgehead atoms. The molecule has 0 aromatic carbocycles. The monoisotopic (exact) mass is 272 g/mol. The standard InChI is InChI=1S/C10H16N4O3S/c11-7-1-3-13-9(5-7)8-2-4-14(6-10(8)15)18(12,16)17/h1,3,5,8,10,15H,2,4,6H2,(H2,11,13)(H2,12,16,17). The second kappa shape index (κ2) is 4.81. The van der Waals surface area contributed by atoms with E-state index in [1.54, 1.807) is 18.3 Å². The summed E-state index contributed by atoms with van der Waals surface area (Å²) in [4.78, 5) is 4.16. The molecule has 18 heavy (non-hydrogen) atoms.